The van der Waals surface area contributed by atoms with Gasteiger partial charge in [-0.1, -0.05) is 54.1 Å². The molecule has 1 nitrogen and oxygen atoms in total. The van der Waals surface area contributed by atoms with Crippen molar-refractivity contribution in [3.8, 4) is 0 Å². The van der Waals surface area contributed by atoms with Crippen molar-refractivity contribution in [3.05, 3.63) is 70.7 Å². The first-order valence-electron chi connectivity index (χ1n) is 6.29. The minimum atomic E-state index is 0.215. The zero-order chi connectivity index (χ0) is 12.4. The van der Waals surface area contributed by atoms with Gasteiger partial charge in [-0.2, -0.15) is 0 Å². The van der Waals surface area contributed by atoms with E-state index >= 15 is 0 Å². The minimum absolute atomic E-state index is 0.215. The highest BCUT2D eigenvalue weighted by Crippen LogP contribution is 2.33. The van der Waals surface area contributed by atoms with Gasteiger partial charge in [0.1, 0.15) is 0 Å². The Bertz CT molecular complexity index is 532. The predicted octanol–water partition coefficient (Wildman–Crippen LogP) is 3.42. The van der Waals surface area contributed by atoms with Crippen LogP contribution in [0.15, 0.2) is 54.6 Å². The molecule has 18 heavy (non-hydrogen) atoms. The average molecular weight is 258 g/mol. The molecular formula is C16H16ClN. The first kappa shape index (κ1) is 11.8. The minimum Gasteiger partial charge on any atom is -0.315 e. The second-order valence-corrected chi connectivity index (χ2v) is 5.49. The van der Waals surface area contributed by atoms with Gasteiger partial charge >= 0.3 is 0 Å². The number of nitrogens with one attached hydrogen (secondary N) is 1. The van der Waals surface area contributed by atoms with Crippen molar-refractivity contribution in [2.45, 2.75) is 11.8 Å². The van der Waals surface area contributed by atoms with Crippen LogP contribution in [0.1, 0.15) is 11.1 Å². The maximum absolute atomic E-state index is 6.11. The molecule has 0 amide bonds. The summed E-state index contributed by atoms with van der Waals surface area (Å²) in [6.07, 6.45) is 1.07. The third-order valence-corrected chi connectivity index (χ3v) is 3.98. The fourth-order valence-electron chi connectivity index (χ4n) is 2.66. The average Bonchev–Trinajstić information content (AvgIpc) is 2.35. The molecule has 2 aromatic rings. The number of rotatable bonds is 3. The lowest BCUT2D eigenvalue weighted by molar-refractivity contribution is 0.275. The summed E-state index contributed by atoms with van der Waals surface area (Å²) in [7, 11) is 0. The van der Waals surface area contributed by atoms with Crippen LogP contribution in [-0.2, 0) is 11.8 Å². The van der Waals surface area contributed by atoms with Crippen molar-refractivity contribution < 1.29 is 0 Å². The van der Waals surface area contributed by atoms with Crippen LogP contribution < -0.4 is 5.32 Å². The predicted molar refractivity (Wildman–Crippen MR) is 76.1 cm³/mol. The summed E-state index contributed by atoms with van der Waals surface area (Å²) >= 11 is 6.11. The Balaban J connectivity index is 1.91. The summed E-state index contributed by atoms with van der Waals surface area (Å²) in [5.74, 6) is 0. The summed E-state index contributed by atoms with van der Waals surface area (Å²) in [4.78, 5) is 0. The summed E-state index contributed by atoms with van der Waals surface area (Å²) in [6, 6.07) is 18.9. The number of halogens is 1. The van der Waals surface area contributed by atoms with Crippen molar-refractivity contribution >= 4 is 11.6 Å². The topological polar surface area (TPSA) is 12.0 Å². The number of benzene rings is 2. The smallest absolute Gasteiger partial charge is 0.0408 e. The van der Waals surface area contributed by atoms with Crippen molar-refractivity contribution in [2.75, 3.05) is 13.1 Å². The van der Waals surface area contributed by atoms with E-state index in [2.05, 4.69) is 47.8 Å². The zero-order valence-corrected chi connectivity index (χ0v) is 11.0. The molecule has 2 heteroatoms. The summed E-state index contributed by atoms with van der Waals surface area (Å²) in [5.41, 5.74) is 2.95. The van der Waals surface area contributed by atoms with Gasteiger partial charge in [-0.3, -0.25) is 0 Å². The van der Waals surface area contributed by atoms with Gasteiger partial charge in [0.25, 0.3) is 0 Å². The zero-order valence-electron chi connectivity index (χ0n) is 10.2. The van der Waals surface area contributed by atoms with Gasteiger partial charge in [-0.25, -0.2) is 0 Å². The molecule has 1 N–H and O–H groups in total. The van der Waals surface area contributed by atoms with Gasteiger partial charge < -0.3 is 5.32 Å². The lowest BCUT2D eigenvalue weighted by atomic mass is 9.71. The molecule has 0 saturated carbocycles. The quantitative estimate of drug-likeness (QED) is 0.889. The Morgan fingerprint density at radius 3 is 2.39 bits per heavy atom. The van der Waals surface area contributed by atoms with Gasteiger partial charge in [0.2, 0.25) is 0 Å². The normalized spacial score (nSPS) is 17.2. The molecule has 1 aliphatic heterocycles. The molecular weight excluding hydrogens is 242 g/mol. The van der Waals surface area contributed by atoms with Crippen molar-refractivity contribution in [2.24, 2.45) is 0 Å². The summed E-state index contributed by atoms with van der Waals surface area (Å²) in [5, 5.41) is 4.22. The highest BCUT2D eigenvalue weighted by molar-refractivity contribution is 6.30. The van der Waals surface area contributed by atoms with E-state index in [4.69, 9.17) is 11.6 Å². The third kappa shape index (κ3) is 2.16. The van der Waals surface area contributed by atoms with Crippen LogP contribution in [0, 0.1) is 0 Å². The van der Waals surface area contributed by atoms with Gasteiger partial charge in [0, 0.05) is 23.5 Å². The first-order chi connectivity index (χ1) is 8.78. The van der Waals surface area contributed by atoms with E-state index in [1.807, 2.05) is 12.1 Å². The van der Waals surface area contributed by atoms with Gasteiger partial charge in [0.15, 0.2) is 0 Å². The Kier molecular flexibility index (Phi) is 3.11. The van der Waals surface area contributed by atoms with Gasteiger partial charge in [-0.05, 0) is 29.7 Å². The maximum atomic E-state index is 6.11. The van der Waals surface area contributed by atoms with Crippen LogP contribution in [0.4, 0.5) is 0 Å². The van der Waals surface area contributed by atoms with Crippen molar-refractivity contribution in [1.82, 2.24) is 5.32 Å². The van der Waals surface area contributed by atoms with Gasteiger partial charge in [-0.15, -0.1) is 0 Å². The highest BCUT2D eigenvalue weighted by atomic mass is 35.5. The Hall–Kier alpha value is -1.31. The standard InChI is InChI=1S/C16H16ClN/c17-15-8-4-7-14(9-15)16(11-18-12-16)10-13-5-2-1-3-6-13/h1-9,18H,10-12H2. The van der Waals surface area contributed by atoms with E-state index < -0.39 is 0 Å². The van der Waals surface area contributed by atoms with Gasteiger partial charge in [0.05, 0.1) is 0 Å². The lowest BCUT2D eigenvalue weighted by Crippen LogP contribution is -2.58. The summed E-state index contributed by atoms with van der Waals surface area (Å²) in [6.45, 7) is 2.06. The molecule has 0 bridgehead atoms. The van der Waals surface area contributed by atoms with E-state index in [1.54, 1.807) is 0 Å². The molecule has 1 heterocycles. The van der Waals surface area contributed by atoms with E-state index in [9.17, 15) is 0 Å². The van der Waals surface area contributed by atoms with E-state index in [0.29, 0.717) is 0 Å². The monoisotopic (exact) mass is 257 g/mol. The van der Waals surface area contributed by atoms with Crippen LogP contribution in [-0.4, -0.2) is 13.1 Å². The molecule has 1 saturated heterocycles. The Morgan fingerprint density at radius 2 is 1.78 bits per heavy atom. The van der Waals surface area contributed by atoms with Crippen LogP contribution >= 0.6 is 11.6 Å². The molecule has 0 aliphatic carbocycles. The Morgan fingerprint density at radius 1 is 1.00 bits per heavy atom. The molecule has 0 unspecified atom stereocenters. The molecule has 1 fully saturated rings. The number of hydrogen-bond acceptors (Lipinski definition) is 1. The lowest BCUT2D eigenvalue weighted by Gasteiger charge is -2.43. The van der Waals surface area contributed by atoms with Crippen molar-refractivity contribution in [3.63, 3.8) is 0 Å². The van der Waals surface area contributed by atoms with E-state index in [-0.39, 0.29) is 5.41 Å². The SMILES string of the molecule is Clc1cccc(C2(Cc3ccccc3)CNC2)c1. The molecule has 0 radical (unpaired) electrons. The fourth-order valence-corrected chi connectivity index (χ4v) is 2.85. The third-order valence-electron chi connectivity index (χ3n) is 3.75. The van der Waals surface area contributed by atoms with E-state index in [0.717, 1.165) is 24.5 Å². The van der Waals surface area contributed by atoms with Crippen LogP contribution in [0.25, 0.3) is 0 Å². The summed E-state index contributed by atoms with van der Waals surface area (Å²) < 4.78 is 0. The second kappa shape index (κ2) is 4.75. The fraction of sp³-hybridized carbons (Fsp3) is 0.250. The molecule has 0 spiro atoms. The largest absolute Gasteiger partial charge is 0.315 e. The molecule has 92 valence electrons. The molecule has 3 rings (SSSR count). The van der Waals surface area contributed by atoms with Crippen LogP contribution in [0.5, 0.6) is 0 Å². The van der Waals surface area contributed by atoms with Crippen molar-refractivity contribution in [1.29, 1.82) is 0 Å². The van der Waals surface area contributed by atoms with Crippen LogP contribution in [0.2, 0.25) is 5.02 Å². The molecule has 0 aromatic heterocycles. The maximum Gasteiger partial charge on any atom is 0.0408 e. The molecule has 0 atom stereocenters. The highest BCUT2D eigenvalue weighted by Gasteiger charge is 2.38. The Labute approximate surface area is 113 Å². The van der Waals surface area contributed by atoms with E-state index in [1.165, 1.54) is 11.1 Å². The first-order valence-corrected chi connectivity index (χ1v) is 6.67. The van der Waals surface area contributed by atoms with Crippen LogP contribution in [0.3, 0.4) is 0 Å². The second-order valence-electron chi connectivity index (χ2n) is 5.06. The molecule has 2 aromatic carbocycles. The number of hydrogen-bond donors (Lipinski definition) is 1. The molecule has 1 aliphatic rings.